The van der Waals surface area contributed by atoms with Crippen LogP contribution in [0.25, 0.3) is 0 Å². The van der Waals surface area contributed by atoms with Crippen LogP contribution in [0.15, 0.2) is 36.4 Å². The number of carbonyl (C=O) groups is 3. The molecule has 1 heterocycles. The van der Waals surface area contributed by atoms with Crippen LogP contribution >= 0.6 is 0 Å². The molecular weight excluding hydrogens is 362 g/mol. The number of imide groups is 1. The minimum Gasteiger partial charge on any atom is -0.326 e. The molecular formula is C20H19N3O5. The minimum absolute atomic E-state index is 0.0325. The first-order valence-electron chi connectivity index (χ1n) is 9.53. The van der Waals surface area contributed by atoms with Gasteiger partial charge in [0, 0.05) is 30.8 Å². The molecule has 1 aromatic rings. The van der Waals surface area contributed by atoms with Crippen LogP contribution in [-0.4, -0.2) is 34.1 Å². The van der Waals surface area contributed by atoms with E-state index in [1.165, 1.54) is 23.1 Å². The van der Waals surface area contributed by atoms with Crippen LogP contribution in [-0.2, 0) is 14.4 Å². The lowest BCUT2D eigenvalue weighted by Gasteiger charge is -2.37. The lowest BCUT2D eigenvalue weighted by Crippen LogP contribution is -2.40. The Balaban J connectivity index is 1.23. The summed E-state index contributed by atoms with van der Waals surface area (Å²) in [5.41, 5.74) is 0.197. The number of nitrogens with zero attached hydrogens (tertiary/aromatic N) is 2. The second kappa shape index (κ2) is 5.98. The second-order valence-electron chi connectivity index (χ2n) is 8.09. The van der Waals surface area contributed by atoms with Crippen molar-refractivity contribution in [2.24, 2.45) is 35.5 Å². The molecule has 1 N–H and O–H groups in total. The summed E-state index contributed by atoms with van der Waals surface area (Å²) < 4.78 is 0. The smallest absolute Gasteiger partial charge is 0.271 e. The van der Waals surface area contributed by atoms with Gasteiger partial charge in [0.2, 0.25) is 17.7 Å². The largest absolute Gasteiger partial charge is 0.326 e. The van der Waals surface area contributed by atoms with Crippen LogP contribution < -0.4 is 5.32 Å². The molecule has 5 aliphatic rings. The Morgan fingerprint density at radius 1 is 1.14 bits per heavy atom. The number of carbonyl (C=O) groups excluding carboxylic acids is 3. The minimum atomic E-state index is -0.536. The number of nitro groups is 1. The number of anilines is 1. The summed E-state index contributed by atoms with van der Waals surface area (Å²) in [5, 5.41) is 13.4. The SMILES string of the molecule is O=C(CCN1C(=O)[C@@H]2[C@H]3C=C[C@@H]([C@@H]4C[C@H]34)[C@H]2C1=O)Nc1cccc([N+](=O)[O-])c1. The average molecular weight is 381 g/mol. The molecule has 3 fully saturated rings. The fraction of sp³-hybridized carbons (Fsp3) is 0.450. The number of rotatable bonds is 5. The van der Waals surface area contributed by atoms with Gasteiger partial charge in [-0.25, -0.2) is 0 Å². The third-order valence-electron chi connectivity index (χ3n) is 6.66. The lowest BCUT2D eigenvalue weighted by atomic mass is 9.63. The van der Waals surface area contributed by atoms with Gasteiger partial charge >= 0.3 is 0 Å². The van der Waals surface area contributed by atoms with Crippen molar-refractivity contribution in [3.63, 3.8) is 0 Å². The molecule has 8 heteroatoms. The maximum absolute atomic E-state index is 12.9. The Hall–Kier alpha value is -3.03. The molecule has 4 aliphatic carbocycles. The highest BCUT2D eigenvalue weighted by atomic mass is 16.6. The molecule has 1 aromatic carbocycles. The molecule has 2 bridgehead atoms. The maximum Gasteiger partial charge on any atom is 0.271 e. The first-order valence-corrected chi connectivity index (χ1v) is 9.53. The summed E-state index contributed by atoms with van der Waals surface area (Å²) in [7, 11) is 0. The van der Waals surface area contributed by atoms with Crippen LogP contribution in [0.2, 0.25) is 0 Å². The molecule has 1 saturated heterocycles. The molecule has 28 heavy (non-hydrogen) atoms. The molecule has 6 atom stereocenters. The van der Waals surface area contributed by atoms with Gasteiger partial charge in [-0.15, -0.1) is 0 Å². The van der Waals surface area contributed by atoms with Gasteiger partial charge in [0.1, 0.15) is 0 Å². The average Bonchev–Trinajstić information content (AvgIpc) is 3.45. The predicted octanol–water partition coefficient (Wildman–Crippen LogP) is 1.98. The van der Waals surface area contributed by atoms with Gasteiger partial charge in [-0.05, 0) is 36.2 Å². The summed E-state index contributed by atoms with van der Waals surface area (Å²) in [6.45, 7) is 0.0419. The number of benzene rings is 1. The topological polar surface area (TPSA) is 110 Å². The first-order chi connectivity index (χ1) is 13.5. The van der Waals surface area contributed by atoms with Gasteiger partial charge in [0.25, 0.3) is 5.69 Å². The van der Waals surface area contributed by atoms with Gasteiger partial charge in [-0.1, -0.05) is 18.2 Å². The van der Waals surface area contributed by atoms with E-state index in [0.717, 1.165) is 6.42 Å². The molecule has 0 unspecified atom stereocenters. The summed E-state index contributed by atoms with van der Waals surface area (Å²) in [4.78, 5) is 49.5. The van der Waals surface area contributed by atoms with Gasteiger partial charge < -0.3 is 5.32 Å². The van der Waals surface area contributed by atoms with E-state index in [-0.39, 0.29) is 60.0 Å². The molecule has 144 valence electrons. The fourth-order valence-corrected chi connectivity index (χ4v) is 5.37. The van der Waals surface area contributed by atoms with E-state index in [0.29, 0.717) is 17.5 Å². The van der Waals surface area contributed by atoms with Crippen molar-refractivity contribution < 1.29 is 19.3 Å². The number of likely N-dealkylation sites (tertiary alicyclic amines) is 1. The summed E-state index contributed by atoms with van der Waals surface area (Å²) in [6, 6.07) is 5.65. The normalized spacial score (nSPS) is 34.2. The van der Waals surface area contributed by atoms with Crippen molar-refractivity contribution in [2.75, 3.05) is 11.9 Å². The standard InChI is InChI=1S/C20H19N3O5/c24-16(21-10-2-1-3-11(8-10)23(27)28)6-7-22-19(25)17-12-4-5-13(15-9-14(12)15)18(17)20(22)26/h1-5,8,12-15,17-18H,6-7,9H2,(H,21,24)/t12-,13-,14-,15+,17+,18+/m0/s1. The number of allylic oxidation sites excluding steroid dienone is 2. The zero-order chi connectivity index (χ0) is 19.6. The molecule has 6 rings (SSSR count). The zero-order valence-corrected chi connectivity index (χ0v) is 15.0. The highest BCUT2D eigenvalue weighted by Gasteiger charge is 2.66. The van der Waals surface area contributed by atoms with Crippen molar-refractivity contribution in [3.8, 4) is 0 Å². The Morgan fingerprint density at radius 3 is 2.39 bits per heavy atom. The van der Waals surface area contributed by atoms with E-state index >= 15 is 0 Å². The van der Waals surface area contributed by atoms with Crippen LogP contribution in [0, 0.1) is 45.6 Å². The number of hydrogen-bond acceptors (Lipinski definition) is 5. The summed E-state index contributed by atoms with van der Waals surface area (Å²) in [6.07, 6.45) is 5.31. The van der Waals surface area contributed by atoms with Crippen LogP contribution in [0.5, 0.6) is 0 Å². The first kappa shape index (κ1) is 17.1. The van der Waals surface area contributed by atoms with E-state index in [2.05, 4.69) is 17.5 Å². The summed E-state index contributed by atoms with van der Waals surface area (Å²) in [5.74, 6) is 0.221. The lowest BCUT2D eigenvalue weighted by molar-refractivity contribution is -0.384. The molecule has 8 nitrogen and oxygen atoms in total. The Bertz CT molecular complexity index is 906. The number of nitro benzene ring substituents is 1. The van der Waals surface area contributed by atoms with Crippen molar-refractivity contribution in [1.82, 2.24) is 4.90 Å². The van der Waals surface area contributed by atoms with E-state index < -0.39 is 4.92 Å². The van der Waals surface area contributed by atoms with Crippen LogP contribution in [0.1, 0.15) is 12.8 Å². The Labute approximate surface area is 160 Å². The van der Waals surface area contributed by atoms with Crippen molar-refractivity contribution in [3.05, 3.63) is 46.5 Å². The van der Waals surface area contributed by atoms with Crippen LogP contribution in [0.4, 0.5) is 11.4 Å². The molecule has 2 saturated carbocycles. The van der Waals surface area contributed by atoms with Crippen molar-refractivity contribution in [2.45, 2.75) is 12.8 Å². The molecule has 3 amide bonds. The van der Waals surface area contributed by atoms with Gasteiger partial charge in [0.15, 0.2) is 0 Å². The quantitative estimate of drug-likeness (QED) is 0.363. The fourth-order valence-electron chi connectivity index (χ4n) is 5.37. The predicted molar refractivity (Wildman–Crippen MR) is 97.8 cm³/mol. The van der Waals surface area contributed by atoms with Crippen molar-refractivity contribution >= 4 is 29.1 Å². The monoisotopic (exact) mass is 381 g/mol. The highest BCUT2D eigenvalue weighted by Crippen LogP contribution is 2.65. The Morgan fingerprint density at radius 2 is 1.79 bits per heavy atom. The van der Waals surface area contributed by atoms with Gasteiger partial charge in [-0.3, -0.25) is 29.4 Å². The second-order valence-corrected chi connectivity index (χ2v) is 8.09. The Kier molecular flexibility index (Phi) is 3.65. The maximum atomic E-state index is 12.9. The zero-order valence-electron chi connectivity index (χ0n) is 15.0. The van der Waals surface area contributed by atoms with E-state index in [9.17, 15) is 24.5 Å². The molecule has 0 aromatic heterocycles. The third-order valence-corrected chi connectivity index (χ3v) is 6.66. The number of non-ortho nitro benzene ring substituents is 1. The van der Waals surface area contributed by atoms with Crippen LogP contribution in [0.3, 0.4) is 0 Å². The highest BCUT2D eigenvalue weighted by molar-refractivity contribution is 6.06. The number of hydrogen-bond donors (Lipinski definition) is 1. The van der Waals surface area contributed by atoms with Crippen molar-refractivity contribution in [1.29, 1.82) is 0 Å². The third kappa shape index (κ3) is 2.47. The number of amides is 3. The van der Waals surface area contributed by atoms with E-state index in [1.54, 1.807) is 6.07 Å². The molecule has 1 aliphatic heterocycles. The van der Waals surface area contributed by atoms with Gasteiger partial charge in [0.05, 0.1) is 16.8 Å². The van der Waals surface area contributed by atoms with Gasteiger partial charge in [-0.2, -0.15) is 0 Å². The number of nitrogens with one attached hydrogen (secondary N) is 1. The molecule has 0 radical (unpaired) electrons. The van der Waals surface area contributed by atoms with E-state index in [4.69, 9.17) is 0 Å². The summed E-state index contributed by atoms with van der Waals surface area (Å²) >= 11 is 0. The molecule has 0 spiro atoms. The van der Waals surface area contributed by atoms with E-state index in [1.807, 2.05) is 0 Å².